The van der Waals surface area contributed by atoms with E-state index in [1.54, 1.807) is 34.7 Å². The van der Waals surface area contributed by atoms with Crippen molar-refractivity contribution >= 4 is 28.7 Å². The van der Waals surface area contributed by atoms with Gasteiger partial charge in [-0.05, 0) is 24.3 Å². The average Bonchev–Trinajstić information content (AvgIpc) is 3.53. The Morgan fingerprint density at radius 1 is 1.06 bits per heavy atom. The van der Waals surface area contributed by atoms with Crippen molar-refractivity contribution in [2.75, 3.05) is 26.2 Å². The number of furan rings is 1. The van der Waals surface area contributed by atoms with Gasteiger partial charge in [0.15, 0.2) is 16.9 Å². The van der Waals surface area contributed by atoms with Gasteiger partial charge < -0.3 is 13.9 Å². The summed E-state index contributed by atoms with van der Waals surface area (Å²) in [4.78, 5) is 46.7. The highest BCUT2D eigenvalue weighted by Crippen LogP contribution is 2.23. The maximum atomic E-state index is 14.7. The zero-order chi connectivity index (χ0) is 25.6. The van der Waals surface area contributed by atoms with Crippen molar-refractivity contribution < 1.29 is 13.6 Å². The van der Waals surface area contributed by atoms with Crippen molar-refractivity contribution in [3.05, 3.63) is 85.4 Å². The molecule has 0 radical (unpaired) electrons. The first kappa shape index (κ1) is 24.0. The molecule has 3 aromatic heterocycles. The largest absolute Gasteiger partial charge is 0.459 e. The van der Waals surface area contributed by atoms with Gasteiger partial charge in [-0.1, -0.05) is 17.7 Å². The van der Waals surface area contributed by atoms with Crippen LogP contribution in [0, 0.1) is 5.82 Å². The molecule has 12 heteroatoms. The van der Waals surface area contributed by atoms with Gasteiger partial charge in [0.25, 0.3) is 11.5 Å². The minimum Gasteiger partial charge on any atom is -0.459 e. The van der Waals surface area contributed by atoms with E-state index in [0.29, 0.717) is 44.3 Å². The Morgan fingerprint density at radius 2 is 1.81 bits per heavy atom. The zero-order valence-corrected chi connectivity index (χ0v) is 20.5. The summed E-state index contributed by atoms with van der Waals surface area (Å²) in [7, 11) is 2.94. The molecule has 0 aliphatic carbocycles. The predicted octanol–water partition coefficient (Wildman–Crippen LogP) is 1.83. The second kappa shape index (κ2) is 9.40. The van der Waals surface area contributed by atoms with Crippen LogP contribution in [0.2, 0.25) is 5.02 Å². The van der Waals surface area contributed by atoms with Gasteiger partial charge in [-0.3, -0.25) is 23.6 Å². The van der Waals surface area contributed by atoms with E-state index < -0.39 is 17.1 Å². The molecule has 10 nitrogen and oxygen atoms in total. The fourth-order valence-electron chi connectivity index (χ4n) is 4.49. The molecule has 1 aliphatic rings. The second-order valence-corrected chi connectivity index (χ2v) is 9.15. The average molecular weight is 515 g/mol. The number of hydrogen-bond acceptors (Lipinski definition) is 6. The third-order valence-electron chi connectivity index (χ3n) is 6.56. The van der Waals surface area contributed by atoms with Crippen molar-refractivity contribution in [2.24, 2.45) is 14.1 Å². The van der Waals surface area contributed by atoms with Crippen LogP contribution in [0.5, 0.6) is 0 Å². The van der Waals surface area contributed by atoms with E-state index in [4.69, 9.17) is 16.0 Å². The Hall–Kier alpha value is -3.70. The molecule has 1 saturated heterocycles. The molecule has 0 saturated carbocycles. The van der Waals surface area contributed by atoms with Crippen molar-refractivity contribution in [3.63, 3.8) is 0 Å². The number of aryl methyl sites for hydroxylation is 1. The van der Waals surface area contributed by atoms with Crippen LogP contribution in [-0.2, 0) is 27.2 Å². The summed E-state index contributed by atoms with van der Waals surface area (Å²) in [6.07, 6.45) is 1.47. The second-order valence-electron chi connectivity index (χ2n) is 8.74. The number of benzene rings is 1. The molecule has 188 valence electrons. The SMILES string of the molecule is Cn1c(=O)c2c(nc(CN3CCN(C(=O)c4ccco4)CC3)n2Cc2c(F)cccc2Cl)n(C)c1=O. The van der Waals surface area contributed by atoms with Crippen molar-refractivity contribution in [1.82, 2.24) is 28.5 Å². The van der Waals surface area contributed by atoms with Gasteiger partial charge >= 0.3 is 5.69 Å². The summed E-state index contributed by atoms with van der Waals surface area (Å²) in [5, 5.41) is 0.231. The molecule has 4 heterocycles. The Bertz CT molecular complexity index is 1540. The molecule has 1 aliphatic heterocycles. The first-order valence-corrected chi connectivity index (χ1v) is 11.8. The molecule has 0 N–H and O–H groups in total. The fraction of sp³-hybridized carbons (Fsp3) is 0.333. The number of nitrogens with zero attached hydrogens (tertiary/aromatic N) is 6. The standard InChI is InChI=1S/C24H24ClFN6O4/c1-28-21-20(23(34)29(2)24(28)35)32(13-15-16(25)5-3-6-17(15)26)19(27-21)14-30-8-10-31(11-9-30)22(33)18-7-4-12-36-18/h3-7,12H,8-11,13-14H2,1-2H3. The van der Waals surface area contributed by atoms with E-state index in [9.17, 15) is 18.8 Å². The van der Waals surface area contributed by atoms with Gasteiger partial charge in [-0.25, -0.2) is 14.2 Å². The molecule has 5 rings (SSSR count). The fourth-order valence-corrected chi connectivity index (χ4v) is 4.71. The molecule has 1 fully saturated rings. The van der Waals surface area contributed by atoms with Gasteiger partial charge in [0.1, 0.15) is 11.6 Å². The molecule has 36 heavy (non-hydrogen) atoms. The van der Waals surface area contributed by atoms with Gasteiger partial charge in [0.05, 0.1) is 19.4 Å². The van der Waals surface area contributed by atoms with E-state index in [2.05, 4.69) is 9.88 Å². The van der Waals surface area contributed by atoms with Crippen molar-refractivity contribution in [2.45, 2.75) is 13.1 Å². The predicted molar refractivity (Wildman–Crippen MR) is 131 cm³/mol. The Kier molecular flexibility index (Phi) is 6.27. The van der Waals surface area contributed by atoms with Crippen LogP contribution in [-0.4, -0.2) is 60.6 Å². The molecule has 1 aromatic carbocycles. The number of fused-ring (bicyclic) bond motifs is 1. The lowest BCUT2D eigenvalue weighted by molar-refractivity contribution is 0.0594. The molecule has 0 unspecified atom stereocenters. The molecule has 4 aromatic rings. The summed E-state index contributed by atoms with van der Waals surface area (Å²) < 4.78 is 23.8. The van der Waals surface area contributed by atoms with Crippen LogP contribution in [0.3, 0.4) is 0 Å². The molecule has 1 amide bonds. The highest BCUT2D eigenvalue weighted by molar-refractivity contribution is 6.31. The molecule has 0 spiro atoms. The van der Waals surface area contributed by atoms with Gasteiger partial charge in [0, 0.05) is 50.9 Å². The highest BCUT2D eigenvalue weighted by Gasteiger charge is 2.26. The number of imidazole rings is 1. The topological polar surface area (TPSA) is 98.5 Å². The number of hydrogen-bond donors (Lipinski definition) is 0. The minimum absolute atomic E-state index is 0.0261. The highest BCUT2D eigenvalue weighted by atomic mass is 35.5. The summed E-state index contributed by atoms with van der Waals surface area (Å²) in [5.74, 6) is 0.124. The van der Waals surface area contributed by atoms with E-state index >= 15 is 0 Å². The van der Waals surface area contributed by atoms with Gasteiger partial charge in [0.2, 0.25) is 0 Å². The number of carbonyl (C=O) groups is 1. The maximum Gasteiger partial charge on any atom is 0.332 e. The molecular formula is C24H24ClFN6O4. The summed E-state index contributed by atoms with van der Waals surface area (Å²) in [5.41, 5.74) is -0.381. The number of rotatable bonds is 5. The Labute approximate surface area is 209 Å². The monoisotopic (exact) mass is 514 g/mol. The van der Waals surface area contributed by atoms with E-state index in [-0.39, 0.29) is 34.2 Å². The zero-order valence-electron chi connectivity index (χ0n) is 19.8. The lowest BCUT2D eigenvalue weighted by Gasteiger charge is -2.34. The van der Waals surface area contributed by atoms with Crippen molar-refractivity contribution in [3.8, 4) is 0 Å². The van der Waals surface area contributed by atoms with Gasteiger partial charge in [-0.2, -0.15) is 0 Å². The lowest BCUT2D eigenvalue weighted by Crippen LogP contribution is -2.48. The summed E-state index contributed by atoms with van der Waals surface area (Å²) >= 11 is 6.29. The number of carbonyl (C=O) groups excluding carboxylic acids is 1. The molecule has 0 atom stereocenters. The van der Waals surface area contributed by atoms with Crippen LogP contribution in [0.1, 0.15) is 21.9 Å². The first-order valence-electron chi connectivity index (χ1n) is 11.4. The van der Waals surface area contributed by atoms with E-state index in [1.807, 2.05) is 0 Å². The number of aromatic nitrogens is 4. The summed E-state index contributed by atoms with van der Waals surface area (Å²) in [6.45, 7) is 2.40. The Morgan fingerprint density at radius 3 is 2.47 bits per heavy atom. The van der Waals surface area contributed by atoms with Crippen LogP contribution in [0.25, 0.3) is 11.2 Å². The third kappa shape index (κ3) is 4.14. The maximum absolute atomic E-state index is 14.7. The quantitative estimate of drug-likeness (QED) is 0.403. The van der Waals surface area contributed by atoms with Crippen LogP contribution in [0.4, 0.5) is 4.39 Å². The number of piperazine rings is 1. The molecule has 0 bridgehead atoms. The van der Waals surface area contributed by atoms with Gasteiger partial charge in [-0.15, -0.1) is 0 Å². The van der Waals surface area contributed by atoms with Crippen LogP contribution in [0.15, 0.2) is 50.6 Å². The lowest BCUT2D eigenvalue weighted by atomic mass is 10.2. The number of amides is 1. The van der Waals surface area contributed by atoms with Crippen LogP contribution >= 0.6 is 11.6 Å². The first-order chi connectivity index (χ1) is 17.3. The van der Waals surface area contributed by atoms with Crippen LogP contribution < -0.4 is 11.2 Å². The normalized spacial score (nSPS) is 14.6. The smallest absolute Gasteiger partial charge is 0.332 e. The number of halogens is 2. The minimum atomic E-state index is -0.520. The van der Waals surface area contributed by atoms with E-state index in [1.165, 1.54) is 30.0 Å². The van der Waals surface area contributed by atoms with E-state index in [0.717, 1.165) is 4.57 Å². The summed E-state index contributed by atoms with van der Waals surface area (Å²) in [6, 6.07) is 7.72. The third-order valence-corrected chi connectivity index (χ3v) is 6.92. The Balaban J connectivity index is 1.49. The molecular weight excluding hydrogens is 491 g/mol. The van der Waals surface area contributed by atoms with Crippen molar-refractivity contribution in [1.29, 1.82) is 0 Å².